The summed E-state index contributed by atoms with van der Waals surface area (Å²) < 4.78 is 12.4. The molecule has 0 bridgehead atoms. The molecule has 8 heteroatoms. The number of para-hydroxylation sites is 1. The molecule has 4 aromatic rings. The standard InChI is InChI=1S/C27H27N5O3/c1-34-20-11-7-18(8-12-20)13-15-28-26(33)22-17-30-32(25(22)19-9-10-19)27-29-16-14-23(31-27)21-5-3-4-6-24(21)35-2/h3-8,11-12,14,16-17,19H,9-10,13,15H2,1-2H3,(H,28,33). The molecule has 35 heavy (non-hydrogen) atoms. The van der Waals surface area contributed by atoms with Crippen LogP contribution in [-0.4, -0.2) is 46.4 Å². The average molecular weight is 470 g/mol. The molecule has 0 radical (unpaired) electrons. The summed E-state index contributed by atoms with van der Waals surface area (Å²) in [6.07, 6.45) is 6.09. The van der Waals surface area contributed by atoms with Gasteiger partial charge >= 0.3 is 0 Å². The van der Waals surface area contributed by atoms with Gasteiger partial charge in [-0.1, -0.05) is 24.3 Å². The Bertz CT molecular complexity index is 1330. The highest BCUT2D eigenvalue weighted by atomic mass is 16.5. The molecule has 1 fully saturated rings. The number of hydrogen-bond acceptors (Lipinski definition) is 6. The number of rotatable bonds is 9. The summed E-state index contributed by atoms with van der Waals surface area (Å²) in [5.41, 5.74) is 4.17. The van der Waals surface area contributed by atoms with Gasteiger partial charge in [0.05, 0.1) is 37.4 Å². The van der Waals surface area contributed by atoms with Crippen LogP contribution >= 0.6 is 0 Å². The Kier molecular flexibility index (Phi) is 6.43. The Hall–Kier alpha value is -4.20. The first kappa shape index (κ1) is 22.6. The smallest absolute Gasteiger partial charge is 0.254 e. The molecule has 2 aromatic heterocycles. The topological polar surface area (TPSA) is 91.2 Å². The average Bonchev–Trinajstić information content (AvgIpc) is 3.66. The predicted molar refractivity (Wildman–Crippen MR) is 132 cm³/mol. The van der Waals surface area contributed by atoms with Gasteiger partial charge in [0.25, 0.3) is 11.9 Å². The van der Waals surface area contributed by atoms with Crippen LogP contribution in [0, 0.1) is 0 Å². The SMILES string of the molecule is COc1ccc(CCNC(=O)c2cnn(-c3nccc(-c4ccccc4OC)n3)c2C2CC2)cc1. The first-order valence-electron chi connectivity index (χ1n) is 11.6. The molecule has 2 heterocycles. The van der Waals surface area contributed by atoms with Crippen LogP contribution < -0.4 is 14.8 Å². The molecule has 1 amide bonds. The second-order valence-corrected chi connectivity index (χ2v) is 8.43. The Morgan fingerprint density at radius 3 is 2.60 bits per heavy atom. The zero-order chi connectivity index (χ0) is 24.2. The minimum absolute atomic E-state index is 0.132. The van der Waals surface area contributed by atoms with Crippen molar-refractivity contribution in [1.29, 1.82) is 0 Å². The van der Waals surface area contributed by atoms with Gasteiger partial charge in [0.2, 0.25) is 0 Å². The molecular formula is C27H27N5O3. The van der Waals surface area contributed by atoms with E-state index in [2.05, 4.69) is 15.4 Å². The molecule has 0 unspecified atom stereocenters. The third kappa shape index (κ3) is 4.87. The molecule has 1 aliphatic carbocycles. The molecular weight excluding hydrogens is 442 g/mol. The van der Waals surface area contributed by atoms with Crippen molar-refractivity contribution in [3.63, 3.8) is 0 Å². The fourth-order valence-electron chi connectivity index (χ4n) is 4.11. The first-order valence-corrected chi connectivity index (χ1v) is 11.6. The van der Waals surface area contributed by atoms with Crippen LogP contribution in [0.4, 0.5) is 0 Å². The van der Waals surface area contributed by atoms with Crippen molar-refractivity contribution in [2.45, 2.75) is 25.2 Å². The summed E-state index contributed by atoms with van der Waals surface area (Å²) in [5.74, 6) is 2.13. The van der Waals surface area contributed by atoms with E-state index in [-0.39, 0.29) is 11.8 Å². The van der Waals surface area contributed by atoms with Gasteiger partial charge in [0, 0.05) is 24.2 Å². The third-order valence-electron chi connectivity index (χ3n) is 6.09. The number of aromatic nitrogens is 4. The summed E-state index contributed by atoms with van der Waals surface area (Å²) in [5, 5.41) is 7.55. The second kappa shape index (κ2) is 9.97. The van der Waals surface area contributed by atoms with E-state index < -0.39 is 0 Å². The molecule has 1 saturated carbocycles. The molecule has 8 nitrogen and oxygen atoms in total. The van der Waals surface area contributed by atoms with Gasteiger partial charge in [-0.05, 0) is 55.2 Å². The maximum absolute atomic E-state index is 13.1. The molecule has 2 aromatic carbocycles. The van der Waals surface area contributed by atoms with Crippen molar-refractivity contribution < 1.29 is 14.3 Å². The molecule has 0 atom stereocenters. The largest absolute Gasteiger partial charge is 0.497 e. The zero-order valence-corrected chi connectivity index (χ0v) is 19.8. The van der Waals surface area contributed by atoms with Crippen LogP contribution in [0.15, 0.2) is 67.0 Å². The number of amides is 1. The van der Waals surface area contributed by atoms with Crippen molar-refractivity contribution in [2.24, 2.45) is 0 Å². The van der Waals surface area contributed by atoms with Gasteiger partial charge in [-0.25, -0.2) is 14.6 Å². The maximum atomic E-state index is 13.1. The van der Waals surface area contributed by atoms with Crippen molar-refractivity contribution in [1.82, 2.24) is 25.1 Å². The van der Waals surface area contributed by atoms with E-state index in [1.807, 2.05) is 54.6 Å². The van der Waals surface area contributed by atoms with Crippen LogP contribution in [0.1, 0.15) is 40.4 Å². The lowest BCUT2D eigenvalue weighted by atomic mass is 10.1. The summed E-state index contributed by atoms with van der Waals surface area (Å²) >= 11 is 0. The number of nitrogens with one attached hydrogen (secondary N) is 1. The number of carbonyl (C=O) groups is 1. The van der Waals surface area contributed by atoms with E-state index in [0.29, 0.717) is 18.1 Å². The van der Waals surface area contributed by atoms with E-state index in [9.17, 15) is 4.79 Å². The van der Waals surface area contributed by atoms with Crippen LogP contribution in [-0.2, 0) is 6.42 Å². The highest BCUT2D eigenvalue weighted by Gasteiger charge is 2.33. The van der Waals surface area contributed by atoms with Gasteiger partial charge in [0.15, 0.2) is 0 Å². The van der Waals surface area contributed by atoms with Crippen LogP contribution in [0.3, 0.4) is 0 Å². The number of ether oxygens (including phenoxy) is 2. The Morgan fingerprint density at radius 2 is 1.86 bits per heavy atom. The molecule has 5 rings (SSSR count). The highest BCUT2D eigenvalue weighted by Crippen LogP contribution is 2.42. The van der Waals surface area contributed by atoms with Crippen molar-refractivity contribution >= 4 is 5.91 Å². The normalized spacial score (nSPS) is 12.9. The Morgan fingerprint density at radius 1 is 1.06 bits per heavy atom. The van der Waals surface area contributed by atoms with E-state index in [1.165, 1.54) is 0 Å². The van der Waals surface area contributed by atoms with E-state index in [1.54, 1.807) is 31.3 Å². The third-order valence-corrected chi connectivity index (χ3v) is 6.09. The fraction of sp³-hybridized carbons (Fsp3) is 0.259. The maximum Gasteiger partial charge on any atom is 0.254 e. The van der Waals surface area contributed by atoms with Crippen LogP contribution in [0.2, 0.25) is 0 Å². The quantitative estimate of drug-likeness (QED) is 0.395. The molecule has 0 spiro atoms. The molecule has 0 aliphatic heterocycles. The fourth-order valence-corrected chi connectivity index (χ4v) is 4.11. The van der Waals surface area contributed by atoms with Crippen molar-refractivity contribution in [2.75, 3.05) is 20.8 Å². The van der Waals surface area contributed by atoms with E-state index in [0.717, 1.165) is 53.3 Å². The van der Waals surface area contributed by atoms with E-state index in [4.69, 9.17) is 14.5 Å². The predicted octanol–water partition coefficient (Wildman–Crippen LogP) is 4.20. The zero-order valence-electron chi connectivity index (χ0n) is 19.8. The molecule has 1 N–H and O–H groups in total. The number of nitrogens with zero attached hydrogens (tertiary/aromatic N) is 4. The lowest BCUT2D eigenvalue weighted by Crippen LogP contribution is -2.26. The van der Waals surface area contributed by atoms with Gasteiger partial charge in [-0.3, -0.25) is 4.79 Å². The minimum Gasteiger partial charge on any atom is -0.497 e. The van der Waals surface area contributed by atoms with Crippen LogP contribution in [0.5, 0.6) is 11.5 Å². The summed E-state index contributed by atoms with van der Waals surface area (Å²) in [6.45, 7) is 0.528. The number of methoxy groups -OCH3 is 2. The lowest BCUT2D eigenvalue weighted by molar-refractivity contribution is 0.0953. The van der Waals surface area contributed by atoms with Gasteiger partial charge in [-0.2, -0.15) is 5.10 Å². The lowest BCUT2D eigenvalue weighted by Gasteiger charge is -2.11. The molecule has 178 valence electrons. The van der Waals surface area contributed by atoms with Gasteiger partial charge in [-0.15, -0.1) is 0 Å². The summed E-state index contributed by atoms with van der Waals surface area (Å²) in [4.78, 5) is 22.3. The number of carbonyl (C=O) groups excluding carboxylic acids is 1. The van der Waals surface area contributed by atoms with Crippen molar-refractivity contribution in [3.05, 3.63) is 83.8 Å². The summed E-state index contributed by atoms with van der Waals surface area (Å²) in [6, 6.07) is 17.4. The minimum atomic E-state index is -0.132. The first-order chi connectivity index (χ1) is 17.2. The number of benzene rings is 2. The Labute approximate surface area is 204 Å². The summed E-state index contributed by atoms with van der Waals surface area (Å²) in [7, 11) is 3.28. The molecule has 1 aliphatic rings. The van der Waals surface area contributed by atoms with Gasteiger partial charge < -0.3 is 14.8 Å². The molecule has 0 saturated heterocycles. The van der Waals surface area contributed by atoms with E-state index >= 15 is 0 Å². The van der Waals surface area contributed by atoms with Crippen molar-refractivity contribution in [3.8, 4) is 28.7 Å². The van der Waals surface area contributed by atoms with Gasteiger partial charge in [0.1, 0.15) is 11.5 Å². The van der Waals surface area contributed by atoms with Crippen LogP contribution in [0.25, 0.3) is 17.2 Å². The second-order valence-electron chi connectivity index (χ2n) is 8.43. The monoisotopic (exact) mass is 469 g/mol. The number of hydrogen-bond donors (Lipinski definition) is 1. The highest BCUT2D eigenvalue weighted by molar-refractivity contribution is 5.95. The Balaban J connectivity index is 1.36.